The van der Waals surface area contributed by atoms with E-state index in [0.717, 1.165) is 19.2 Å². The minimum absolute atomic E-state index is 0.209. The Kier molecular flexibility index (Phi) is 4.04. The second kappa shape index (κ2) is 5.53. The van der Waals surface area contributed by atoms with Gasteiger partial charge in [0.2, 0.25) is 0 Å². The fraction of sp³-hybridized carbons (Fsp3) is 0.500. The van der Waals surface area contributed by atoms with Gasteiger partial charge in [0.05, 0.1) is 19.3 Å². The Balaban J connectivity index is 2.21. The average Bonchev–Trinajstić information content (AvgIpc) is 2.34. The summed E-state index contributed by atoms with van der Waals surface area (Å²) in [6, 6.07) is 3.43. The van der Waals surface area contributed by atoms with Gasteiger partial charge >= 0.3 is 0 Å². The lowest BCUT2D eigenvalue weighted by Gasteiger charge is -2.34. The van der Waals surface area contributed by atoms with E-state index in [2.05, 4.69) is 4.90 Å². The number of rotatable bonds is 3. The van der Waals surface area contributed by atoms with Crippen LogP contribution in [0.2, 0.25) is 0 Å². The van der Waals surface area contributed by atoms with E-state index < -0.39 is 11.6 Å². The summed E-state index contributed by atoms with van der Waals surface area (Å²) < 4.78 is 31.8. The first-order chi connectivity index (χ1) is 8.22. The highest BCUT2D eigenvalue weighted by Gasteiger charge is 2.23. The Labute approximate surface area is 99.2 Å². The molecule has 2 N–H and O–H groups in total. The van der Waals surface area contributed by atoms with Gasteiger partial charge in [-0.15, -0.1) is 0 Å². The minimum Gasteiger partial charge on any atom is -0.379 e. The maximum atomic E-state index is 13.7. The summed E-state index contributed by atoms with van der Waals surface area (Å²) in [5, 5.41) is 0. The molecule has 0 bridgehead atoms. The van der Waals surface area contributed by atoms with Crippen molar-refractivity contribution in [2.24, 2.45) is 5.73 Å². The molecule has 1 saturated heterocycles. The minimum atomic E-state index is -0.566. The van der Waals surface area contributed by atoms with Gasteiger partial charge in [-0.05, 0) is 6.07 Å². The largest absolute Gasteiger partial charge is 0.379 e. The zero-order valence-corrected chi connectivity index (χ0v) is 9.53. The van der Waals surface area contributed by atoms with Crippen molar-refractivity contribution in [3.63, 3.8) is 0 Å². The van der Waals surface area contributed by atoms with Crippen LogP contribution in [0, 0.1) is 11.6 Å². The number of nitrogens with zero attached hydrogens (tertiary/aromatic N) is 1. The van der Waals surface area contributed by atoms with Crippen LogP contribution >= 0.6 is 0 Å². The van der Waals surface area contributed by atoms with E-state index in [-0.39, 0.29) is 6.04 Å². The summed E-state index contributed by atoms with van der Waals surface area (Å²) in [6.07, 6.45) is 0. The van der Waals surface area contributed by atoms with Crippen molar-refractivity contribution in [2.75, 3.05) is 32.8 Å². The number of ether oxygens (including phenoxy) is 1. The van der Waals surface area contributed by atoms with Gasteiger partial charge in [0, 0.05) is 31.3 Å². The second-order valence-corrected chi connectivity index (χ2v) is 4.07. The highest BCUT2D eigenvalue weighted by molar-refractivity contribution is 5.22. The van der Waals surface area contributed by atoms with Gasteiger partial charge in [-0.25, -0.2) is 8.78 Å². The first-order valence-corrected chi connectivity index (χ1v) is 5.69. The maximum absolute atomic E-state index is 13.7. The smallest absolute Gasteiger partial charge is 0.130 e. The van der Waals surface area contributed by atoms with Crippen LogP contribution in [0.1, 0.15) is 11.6 Å². The topological polar surface area (TPSA) is 38.5 Å². The number of halogens is 2. The summed E-state index contributed by atoms with van der Waals surface area (Å²) in [6.45, 7) is 3.00. The lowest BCUT2D eigenvalue weighted by Crippen LogP contribution is -2.42. The van der Waals surface area contributed by atoms with Gasteiger partial charge in [-0.3, -0.25) is 4.90 Å². The van der Waals surface area contributed by atoms with Gasteiger partial charge in [0.15, 0.2) is 0 Å². The zero-order valence-electron chi connectivity index (χ0n) is 9.53. The maximum Gasteiger partial charge on any atom is 0.130 e. The predicted molar refractivity (Wildman–Crippen MR) is 60.5 cm³/mol. The normalized spacial score (nSPS) is 19.2. The zero-order chi connectivity index (χ0) is 12.3. The molecule has 0 unspecified atom stereocenters. The van der Waals surface area contributed by atoms with Gasteiger partial charge in [-0.2, -0.15) is 0 Å². The number of benzene rings is 1. The summed E-state index contributed by atoms with van der Waals surface area (Å²) in [5.74, 6) is -1.10. The molecule has 17 heavy (non-hydrogen) atoms. The molecule has 1 aliphatic heterocycles. The second-order valence-electron chi connectivity index (χ2n) is 4.07. The number of hydrogen-bond acceptors (Lipinski definition) is 3. The highest BCUT2D eigenvalue weighted by Crippen LogP contribution is 2.23. The molecule has 0 aliphatic carbocycles. The molecule has 1 heterocycles. The quantitative estimate of drug-likeness (QED) is 0.868. The fourth-order valence-electron chi connectivity index (χ4n) is 2.13. The summed E-state index contributed by atoms with van der Waals surface area (Å²) in [5.41, 5.74) is 6.15. The first-order valence-electron chi connectivity index (χ1n) is 5.69. The third-order valence-electron chi connectivity index (χ3n) is 3.03. The van der Waals surface area contributed by atoms with Crippen molar-refractivity contribution in [3.05, 3.63) is 35.4 Å². The Hall–Kier alpha value is -1.04. The van der Waals surface area contributed by atoms with Crippen LogP contribution in [0.4, 0.5) is 8.78 Å². The van der Waals surface area contributed by atoms with Crippen molar-refractivity contribution in [2.45, 2.75) is 6.04 Å². The van der Waals surface area contributed by atoms with Crippen molar-refractivity contribution >= 4 is 0 Å². The molecule has 1 aliphatic rings. The van der Waals surface area contributed by atoms with Crippen LogP contribution in [0.25, 0.3) is 0 Å². The van der Waals surface area contributed by atoms with E-state index in [1.165, 1.54) is 12.1 Å². The molecule has 1 aromatic rings. The van der Waals surface area contributed by atoms with Crippen LogP contribution in [0.3, 0.4) is 0 Å². The summed E-state index contributed by atoms with van der Waals surface area (Å²) in [7, 11) is 0. The molecule has 94 valence electrons. The molecule has 0 saturated carbocycles. The molecular formula is C12H16F2N2O. The van der Waals surface area contributed by atoms with Gasteiger partial charge in [0.25, 0.3) is 0 Å². The fourth-order valence-corrected chi connectivity index (χ4v) is 2.13. The Morgan fingerprint density at radius 1 is 1.29 bits per heavy atom. The monoisotopic (exact) mass is 242 g/mol. The lowest BCUT2D eigenvalue weighted by molar-refractivity contribution is 0.0172. The van der Waals surface area contributed by atoms with Gasteiger partial charge in [-0.1, -0.05) is 6.07 Å². The van der Waals surface area contributed by atoms with Crippen molar-refractivity contribution in [3.8, 4) is 0 Å². The molecule has 1 aromatic carbocycles. The average molecular weight is 242 g/mol. The molecule has 2 rings (SSSR count). The first kappa shape index (κ1) is 12.4. The molecule has 1 fully saturated rings. The van der Waals surface area contributed by atoms with E-state index in [0.29, 0.717) is 25.3 Å². The molecule has 0 amide bonds. The van der Waals surface area contributed by atoms with Crippen LogP contribution < -0.4 is 5.73 Å². The van der Waals surface area contributed by atoms with E-state index in [1.54, 1.807) is 0 Å². The number of morpholine rings is 1. The Morgan fingerprint density at radius 3 is 2.59 bits per heavy atom. The molecule has 0 spiro atoms. The molecule has 1 atom stereocenters. The number of hydrogen-bond donors (Lipinski definition) is 1. The molecule has 0 radical (unpaired) electrons. The standard InChI is InChI=1S/C12H16F2N2O/c13-9-1-2-10(11(14)7-9)12(8-15)16-3-5-17-6-4-16/h1-2,7,12H,3-6,8,15H2/t12-/m1/s1. The van der Waals surface area contributed by atoms with Gasteiger partial charge in [0.1, 0.15) is 11.6 Å². The van der Waals surface area contributed by atoms with Crippen molar-refractivity contribution < 1.29 is 13.5 Å². The highest BCUT2D eigenvalue weighted by atomic mass is 19.1. The third kappa shape index (κ3) is 2.80. The predicted octanol–water partition coefficient (Wildman–Crippen LogP) is 1.30. The SMILES string of the molecule is NC[C@H](c1ccc(F)cc1F)N1CCOCC1. The third-order valence-corrected chi connectivity index (χ3v) is 3.03. The van der Waals surface area contributed by atoms with Crippen LogP contribution in [0.15, 0.2) is 18.2 Å². The van der Waals surface area contributed by atoms with Crippen LogP contribution in [-0.2, 0) is 4.74 Å². The Bertz CT molecular complexity index is 381. The van der Waals surface area contributed by atoms with E-state index in [9.17, 15) is 8.78 Å². The Morgan fingerprint density at radius 2 is 2.00 bits per heavy atom. The van der Waals surface area contributed by atoms with E-state index in [4.69, 9.17) is 10.5 Å². The molecular weight excluding hydrogens is 226 g/mol. The van der Waals surface area contributed by atoms with Crippen LogP contribution in [0.5, 0.6) is 0 Å². The lowest BCUT2D eigenvalue weighted by atomic mass is 10.0. The van der Waals surface area contributed by atoms with E-state index >= 15 is 0 Å². The summed E-state index contributed by atoms with van der Waals surface area (Å²) >= 11 is 0. The summed E-state index contributed by atoms with van der Waals surface area (Å²) in [4.78, 5) is 2.07. The van der Waals surface area contributed by atoms with Crippen molar-refractivity contribution in [1.29, 1.82) is 0 Å². The van der Waals surface area contributed by atoms with Crippen molar-refractivity contribution in [1.82, 2.24) is 4.90 Å². The number of nitrogens with two attached hydrogens (primary N) is 1. The molecule has 3 nitrogen and oxygen atoms in total. The van der Waals surface area contributed by atoms with Crippen LogP contribution in [-0.4, -0.2) is 37.7 Å². The molecule has 0 aromatic heterocycles. The van der Waals surface area contributed by atoms with E-state index in [1.807, 2.05) is 0 Å². The molecule has 5 heteroatoms. The van der Waals surface area contributed by atoms with Gasteiger partial charge < -0.3 is 10.5 Å².